The van der Waals surface area contributed by atoms with E-state index in [4.69, 9.17) is 0 Å². The van der Waals surface area contributed by atoms with Crippen LogP contribution in [0.2, 0.25) is 0 Å². The van der Waals surface area contributed by atoms with Gasteiger partial charge in [0.1, 0.15) is 0 Å². The quantitative estimate of drug-likeness (QED) is 0.831. The molecule has 0 aliphatic carbocycles. The lowest BCUT2D eigenvalue weighted by atomic mass is 10.1. The number of rotatable bonds is 5. The number of carbonyl (C=O) groups excluding carboxylic acids is 1. The molecule has 0 saturated carbocycles. The Morgan fingerprint density at radius 1 is 1.71 bits per heavy atom. The zero-order valence-electron chi connectivity index (χ0n) is 10.6. The molecule has 1 aromatic rings. The van der Waals surface area contributed by atoms with Crippen LogP contribution in [0.3, 0.4) is 0 Å². The monoisotopic (exact) mass is 257 g/mol. The molecule has 0 aromatic carbocycles. The van der Waals surface area contributed by atoms with Crippen molar-refractivity contribution < 1.29 is 9.90 Å². The molecule has 0 aliphatic rings. The summed E-state index contributed by atoms with van der Waals surface area (Å²) in [4.78, 5) is 17.7. The van der Waals surface area contributed by atoms with E-state index in [-0.39, 0.29) is 11.9 Å². The second-order valence-electron chi connectivity index (χ2n) is 4.73. The molecule has 1 atom stereocenters. The molecule has 0 aliphatic heterocycles. The summed E-state index contributed by atoms with van der Waals surface area (Å²) in [6.45, 7) is 5.66. The van der Waals surface area contributed by atoms with Crippen molar-refractivity contribution in [1.82, 2.24) is 9.88 Å². The molecule has 0 fully saturated rings. The molecule has 1 rings (SSSR count). The topological polar surface area (TPSA) is 65.5 Å². The van der Waals surface area contributed by atoms with Crippen LogP contribution in [0.15, 0.2) is 11.6 Å². The molecule has 1 heterocycles. The van der Waals surface area contributed by atoms with Crippen molar-refractivity contribution in [2.24, 2.45) is 0 Å². The van der Waals surface area contributed by atoms with Crippen molar-refractivity contribution in [3.63, 3.8) is 0 Å². The van der Waals surface area contributed by atoms with Crippen LogP contribution in [0.4, 0.5) is 5.13 Å². The number of hydrogen-bond donors (Lipinski definition) is 2. The van der Waals surface area contributed by atoms with Crippen LogP contribution in [0.1, 0.15) is 20.8 Å². The van der Waals surface area contributed by atoms with E-state index < -0.39 is 5.60 Å². The van der Waals surface area contributed by atoms with Crippen LogP contribution in [0.5, 0.6) is 0 Å². The van der Waals surface area contributed by atoms with Crippen LogP contribution in [-0.4, -0.2) is 46.1 Å². The second-order valence-corrected chi connectivity index (χ2v) is 5.62. The highest BCUT2D eigenvalue weighted by atomic mass is 32.1. The maximum absolute atomic E-state index is 11.9. The smallest absolute Gasteiger partial charge is 0.243 e. The van der Waals surface area contributed by atoms with Crippen LogP contribution < -0.4 is 5.32 Å². The molecule has 1 aromatic heterocycles. The summed E-state index contributed by atoms with van der Waals surface area (Å²) in [6.07, 6.45) is 1.64. The normalized spacial score (nSPS) is 13.8. The van der Waals surface area contributed by atoms with E-state index in [1.54, 1.807) is 32.3 Å². The Hall–Kier alpha value is -0.980. The molecule has 1 amide bonds. The number of carbonyl (C=O) groups is 1. The van der Waals surface area contributed by atoms with Gasteiger partial charge in [-0.15, -0.1) is 11.3 Å². The van der Waals surface area contributed by atoms with E-state index in [1.807, 2.05) is 11.9 Å². The Morgan fingerprint density at radius 2 is 2.35 bits per heavy atom. The van der Waals surface area contributed by atoms with Crippen molar-refractivity contribution in [3.05, 3.63) is 11.6 Å². The molecular formula is C11H19N3O2S. The highest BCUT2D eigenvalue weighted by molar-refractivity contribution is 7.13. The average molecular weight is 257 g/mol. The molecule has 0 saturated heterocycles. The third-order valence-corrected chi connectivity index (χ3v) is 3.03. The fraction of sp³-hybridized carbons (Fsp3) is 0.636. The van der Waals surface area contributed by atoms with Crippen molar-refractivity contribution in [2.75, 3.05) is 18.9 Å². The molecule has 5 nitrogen and oxygen atoms in total. The predicted molar refractivity (Wildman–Crippen MR) is 69.1 cm³/mol. The van der Waals surface area contributed by atoms with Gasteiger partial charge in [-0.1, -0.05) is 0 Å². The molecule has 96 valence electrons. The van der Waals surface area contributed by atoms with Gasteiger partial charge < -0.3 is 10.4 Å². The lowest BCUT2D eigenvalue weighted by Crippen LogP contribution is -2.46. The van der Waals surface area contributed by atoms with Gasteiger partial charge in [-0.2, -0.15) is 0 Å². The third-order valence-electron chi connectivity index (χ3n) is 2.34. The predicted octanol–water partition coefficient (Wildman–Crippen LogP) is 1.17. The van der Waals surface area contributed by atoms with E-state index in [2.05, 4.69) is 10.3 Å². The number of amides is 1. The first-order valence-corrected chi connectivity index (χ1v) is 6.30. The Morgan fingerprint density at radius 3 is 2.82 bits per heavy atom. The first-order chi connectivity index (χ1) is 7.79. The van der Waals surface area contributed by atoms with Gasteiger partial charge >= 0.3 is 0 Å². The summed E-state index contributed by atoms with van der Waals surface area (Å²) in [5, 5.41) is 14.8. The average Bonchev–Trinajstić information content (AvgIpc) is 2.66. The van der Waals surface area contributed by atoms with Crippen LogP contribution in [0.25, 0.3) is 0 Å². The minimum atomic E-state index is -0.815. The standard InChI is InChI=1S/C11H19N3O2S/c1-8(14(4)7-11(2,3)16)9(15)13-10-12-5-6-17-10/h5-6,8,16H,7H2,1-4H3,(H,12,13,15). The summed E-state index contributed by atoms with van der Waals surface area (Å²) in [6, 6.07) is -0.315. The van der Waals surface area contributed by atoms with Crippen LogP contribution in [-0.2, 0) is 4.79 Å². The van der Waals surface area contributed by atoms with Crippen molar-refractivity contribution in [3.8, 4) is 0 Å². The zero-order valence-corrected chi connectivity index (χ0v) is 11.4. The molecular weight excluding hydrogens is 238 g/mol. The second kappa shape index (κ2) is 5.57. The van der Waals surface area contributed by atoms with Crippen molar-refractivity contribution in [2.45, 2.75) is 32.4 Å². The Balaban J connectivity index is 2.51. The summed E-state index contributed by atoms with van der Waals surface area (Å²) in [5.74, 6) is -0.119. The van der Waals surface area contributed by atoms with Crippen LogP contribution >= 0.6 is 11.3 Å². The van der Waals surface area contributed by atoms with Gasteiger partial charge in [0.15, 0.2) is 5.13 Å². The van der Waals surface area contributed by atoms with Crippen molar-refractivity contribution in [1.29, 1.82) is 0 Å². The van der Waals surface area contributed by atoms with Gasteiger partial charge in [-0.05, 0) is 27.8 Å². The third kappa shape index (κ3) is 4.80. The first-order valence-electron chi connectivity index (χ1n) is 5.42. The molecule has 0 spiro atoms. The van der Waals surface area contributed by atoms with E-state index in [9.17, 15) is 9.90 Å². The molecule has 0 radical (unpaired) electrons. The molecule has 2 N–H and O–H groups in total. The minimum Gasteiger partial charge on any atom is -0.389 e. The largest absolute Gasteiger partial charge is 0.389 e. The number of thiazole rings is 1. The molecule has 0 bridgehead atoms. The summed E-state index contributed by atoms with van der Waals surface area (Å²) >= 11 is 1.38. The number of likely N-dealkylation sites (N-methyl/N-ethyl adjacent to an activating group) is 1. The molecule has 6 heteroatoms. The van der Waals surface area contributed by atoms with E-state index in [1.165, 1.54) is 11.3 Å². The summed E-state index contributed by atoms with van der Waals surface area (Å²) < 4.78 is 0. The highest BCUT2D eigenvalue weighted by Gasteiger charge is 2.23. The Bertz CT molecular complexity index is 359. The van der Waals surface area contributed by atoms with E-state index >= 15 is 0 Å². The van der Waals surface area contributed by atoms with E-state index in [0.717, 1.165) is 0 Å². The van der Waals surface area contributed by atoms with Gasteiger partial charge in [0.25, 0.3) is 0 Å². The number of nitrogens with zero attached hydrogens (tertiary/aromatic N) is 2. The SMILES string of the molecule is CC(C(=O)Nc1nccs1)N(C)CC(C)(C)O. The number of aliphatic hydroxyl groups is 1. The summed E-state index contributed by atoms with van der Waals surface area (Å²) in [7, 11) is 1.81. The number of aromatic nitrogens is 1. The van der Waals surface area contributed by atoms with E-state index in [0.29, 0.717) is 11.7 Å². The lowest BCUT2D eigenvalue weighted by molar-refractivity contribution is -0.121. The Kier molecular flexibility index (Phi) is 4.62. The maximum Gasteiger partial charge on any atom is 0.243 e. The molecule has 17 heavy (non-hydrogen) atoms. The van der Waals surface area contributed by atoms with Gasteiger partial charge in [0.2, 0.25) is 5.91 Å². The van der Waals surface area contributed by atoms with Gasteiger partial charge in [-0.3, -0.25) is 9.69 Å². The highest BCUT2D eigenvalue weighted by Crippen LogP contribution is 2.12. The van der Waals surface area contributed by atoms with Crippen molar-refractivity contribution >= 4 is 22.4 Å². The van der Waals surface area contributed by atoms with Gasteiger partial charge in [-0.25, -0.2) is 4.98 Å². The Labute approximate surface area is 105 Å². The number of hydrogen-bond acceptors (Lipinski definition) is 5. The minimum absolute atomic E-state index is 0.119. The number of nitrogens with one attached hydrogen (secondary N) is 1. The van der Waals surface area contributed by atoms with Gasteiger partial charge in [0.05, 0.1) is 11.6 Å². The first kappa shape index (κ1) is 14.1. The fourth-order valence-corrected chi connectivity index (χ4v) is 1.97. The maximum atomic E-state index is 11.9. The number of anilines is 1. The lowest BCUT2D eigenvalue weighted by Gasteiger charge is -2.29. The zero-order chi connectivity index (χ0) is 13.1. The van der Waals surface area contributed by atoms with Crippen LogP contribution in [0, 0.1) is 0 Å². The molecule has 1 unspecified atom stereocenters. The fourth-order valence-electron chi connectivity index (χ4n) is 1.44. The van der Waals surface area contributed by atoms with Gasteiger partial charge in [0, 0.05) is 18.1 Å². The summed E-state index contributed by atoms with van der Waals surface area (Å²) in [5.41, 5.74) is -0.815.